The van der Waals surface area contributed by atoms with Crippen molar-refractivity contribution in [3.63, 3.8) is 0 Å². The van der Waals surface area contributed by atoms with E-state index in [4.69, 9.17) is 0 Å². The molecule has 28 heavy (non-hydrogen) atoms. The Morgan fingerprint density at radius 1 is 1.04 bits per heavy atom. The predicted octanol–water partition coefficient (Wildman–Crippen LogP) is 5.18. The molecule has 1 heterocycles. The standard InChI is InChI=1S/C20H18F3N3OS/c1-13(2)26(14-8-4-3-5-9-14)17(27)12-28-18-15-10-6-7-11-16(15)24-19(25-18)20(21,22)23/h3-11,13H,12H2,1-2H3. The number of rotatable bonds is 5. The summed E-state index contributed by atoms with van der Waals surface area (Å²) in [6.07, 6.45) is -4.66. The van der Waals surface area contributed by atoms with E-state index < -0.39 is 12.0 Å². The molecule has 2 aromatic carbocycles. The van der Waals surface area contributed by atoms with Gasteiger partial charge in [0.05, 0.1) is 11.3 Å². The smallest absolute Gasteiger partial charge is 0.309 e. The third kappa shape index (κ3) is 4.44. The van der Waals surface area contributed by atoms with Crippen LogP contribution < -0.4 is 4.90 Å². The van der Waals surface area contributed by atoms with E-state index in [9.17, 15) is 18.0 Å². The lowest BCUT2D eigenvalue weighted by molar-refractivity contribution is -0.145. The highest BCUT2D eigenvalue weighted by atomic mass is 32.2. The van der Waals surface area contributed by atoms with Crippen molar-refractivity contribution in [1.29, 1.82) is 0 Å². The van der Waals surface area contributed by atoms with Crippen LogP contribution in [-0.4, -0.2) is 27.7 Å². The molecule has 0 radical (unpaired) electrons. The van der Waals surface area contributed by atoms with E-state index in [1.807, 2.05) is 44.2 Å². The molecule has 1 amide bonds. The predicted molar refractivity (Wildman–Crippen MR) is 104 cm³/mol. The number of anilines is 1. The number of amides is 1. The van der Waals surface area contributed by atoms with Gasteiger partial charge in [0.15, 0.2) is 0 Å². The molecule has 0 unspecified atom stereocenters. The molecule has 0 aliphatic heterocycles. The first-order valence-electron chi connectivity index (χ1n) is 8.61. The normalized spacial score (nSPS) is 11.8. The first kappa shape index (κ1) is 20.1. The third-order valence-electron chi connectivity index (χ3n) is 3.97. The molecule has 0 aliphatic rings. The molecule has 0 atom stereocenters. The Kier molecular flexibility index (Phi) is 5.88. The van der Waals surface area contributed by atoms with Crippen molar-refractivity contribution < 1.29 is 18.0 Å². The molecule has 8 heteroatoms. The first-order valence-corrected chi connectivity index (χ1v) is 9.60. The maximum atomic E-state index is 13.1. The van der Waals surface area contributed by atoms with Crippen LogP contribution in [0.25, 0.3) is 10.9 Å². The zero-order valence-corrected chi connectivity index (χ0v) is 16.1. The lowest BCUT2D eigenvalue weighted by Gasteiger charge is -2.26. The van der Waals surface area contributed by atoms with Gasteiger partial charge in [-0.15, -0.1) is 0 Å². The monoisotopic (exact) mass is 405 g/mol. The van der Waals surface area contributed by atoms with Gasteiger partial charge >= 0.3 is 6.18 Å². The maximum Gasteiger partial charge on any atom is 0.451 e. The fourth-order valence-corrected chi connectivity index (χ4v) is 3.68. The van der Waals surface area contributed by atoms with Gasteiger partial charge in [-0.05, 0) is 32.0 Å². The van der Waals surface area contributed by atoms with Gasteiger partial charge in [0.1, 0.15) is 5.03 Å². The molecule has 3 rings (SSSR count). The highest BCUT2D eigenvalue weighted by molar-refractivity contribution is 8.00. The van der Waals surface area contributed by atoms with Gasteiger partial charge in [-0.1, -0.05) is 48.2 Å². The Morgan fingerprint density at radius 3 is 2.32 bits per heavy atom. The topological polar surface area (TPSA) is 46.1 Å². The molecule has 1 aromatic heterocycles. The molecular formula is C20H18F3N3OS. The number of nitrogens with zero attached hydrogens (tertiary/aromatic N) is 3. The second kappa shape index (κ2) is 8.18. The summed E-state index contributed by atoms with van der Waals surface area (Å²) in [5.41, 5.74) is 0.940. The van der Waals surface area contributed by atoms with E-state index in [0.717, 1.165) is 17.4 Å². The van der Waals surface area contributed by atoms with Crippen molar-refractivity contribution in [2.24, 2.45) is 0 Å². The Hall–Kier alpha value is -2.61. The minimum atomic E-state index is -4.66. The molecular weight excluding hydrogens is 387 g/mol. The lowest BCUT2D eigenvalue weighted by Crippen LogP contribution is -2.38. The summed E-state index contributed by atoms with van der Waals surface area (Å²) in [5, 5.41) is 0.632. The van der Waals surface area contributed by atoms with Gasteiger partial charge in [0.2, 0.25) is 11.7 Å². The molecule has 0 fully saturated rings. The molecule has 0 spiro atoms. The van der Waals surface area contributed by atoms with E-state index in [1.54, 1.807) is 23.1 Å². The van der Waals surface area contributed by atoms with Crippen LogP contribution in [0.1, 0.15) is 19.7 Å². The van der Waals surface area contributed by atoms with Gasteiger partial charge < -0.3 is 4.90 Å². The quantitative estimate of drug-likeness (QED) is 0.433. The van der Waals surface area contributed by atoms with Crippen molar-refractivity contribution in [3.8, 4) is 0 Å². The van der Waals surface area contributed by atoms with Crippen LogP contribution in [0, 0.1) is 0 Å². The summed E-state index contributed by atoms with van der Waals surface area (Å²) in [5.74, 6) is -1.45. The molecule has 3 aromatic rings. The van der Waals surface area contributed by atoms with Gasteiger partial charge in [-0.2, -0.15) is 13.2 Å². The van der Waals surface area contributed by atoms with Crippen molar-refractivity contribution in [1.82, 2.24) is 9.97 Å². The summed E-state index contributed by atoms with van der Waals surface area (Å²) in [4.78, 5) is 21.7. The summed E-state index contributed by atoms with van der Waals surface area (Å²) in [6, 6.07) is 15.5. The Labute approximate surface area is 164 Å². The molecule has 4 nitrogen and oxygen atoms in total. The largest absolute Gasteiger partial charge is 0.451 e. The number of hydrogen-bond donors (Lipinski definition) is 0. The second-order valence-electron chi connectivity index (χ2n) is 6.35. The third-order valence-corrected chi connectivity index (χ3v) is 4.95. The summed E-state index contributed by atoms with van der Waals surface area (Å²) in [6.45, 7) is 3.77. The molecule has 0 N–H and O–H groups in total. The van der Waals surface area contributed by atoms with E-state index in [0.29, 0.717) is 5.39 Å². The maximum absolute atomic E-state index is 13.1. The molecule has 0 saturated heterocycles. The van der Waals surface area contributed by atoms with Crippen molar-refractivity contribution in [2.75, 3.05) is 10.7 Å². The fraction of sp³-hybridized carbons (Fsp3) is 0.250. The van der Waals surface area contributed by atoms with Gasteiger partial charge in [0, 0.05) is 17.1 Å². The molecule has 0 aliphatic carbocycles. The van der Waals surface area contributed by atoms with E-state index in [-0.39, 0.29) is 28.2 Å². The van der Waals surface area contributed by atoms with Crippen molar-refractivity contribution in [2.45, 2.75) is 31.1 Å². The molecule has 0 saturated carbocycles. The number of alkyl halides is 3. The average Bonchev–Trinajstić information content (AvgIpc) is 2.66. The second-order valence-corrected chi connectivity index (χ2v) is 7.31. The number of halogens is 3. The van der Waals surface area contributed by atoms with Crippen LogP contribution in [0.4, 0.5) is 18.9 Å². The number of carbonyl (C=O) groups excluding carboxylic acids is 1. The number of fused-ring (bicyclic) bond motifs is 1. The van der Waals surface area contributed by atoms with Crippen LogP contribution in [-0.2, 0) is 11.0 Å². The number of benzene rings is 2. The molecule has 0 bridgehead atoms. The van der Waals surface area contributed by atoms with Crippen LogP contribution in [0.15, 0.2) is 59.6 Å². The summed E-state index contributed by atoms with van der Waals surface area (Å²) >= 11 is 0.986. The number of thioether (sulfide) groups is 1. The Morgan fingerprint density at radius 2 is 1.68 bits per heavy atom. The van der Waals surface area contributed by atoms with E-state index in [2.05, 4.69) is 9.97 Å². The number of aromatic nitrogens is 2. The SMILES string of the molecule is CC(C)N(C(=O)CSc1nc(C(F)(F)F)nc2ccccc12)c1ccccc1. The van der Waals surface area contributed by atoms with E-state index >= 15 is 0 Å². The minimum Gasteiger partial charge on any atom is -0.309 e. The van der Waals surface area contributed by atoms with Crippen LogP contribution in [0.3, 0.4) is 0 Å². The van der Waals surface area contributed by atoms with Gasteiger partial charge in [-0.25, -0.2) is 9.97 Å². The fourth-order valence-electron chi connectivity index (χ4n) is 2.80. The zero-order valence-electron chi connectivity index (χ0n) is 15.3. The van der Waals surface area contributed by atoms with E-state index in [1.165, 1.54) is 6.07 Å². The van der Waals surface area contributed by atoms with Crippen molar-refractivity contribution >= 4 is 34.3 Å². The molecule has 146 valence electrons. The zero-order chi connectivity index (χ0) is 20.3. The first-order chi connectivity index (χ1) is 13.3. The van der Waals surface area contributed by atoms with Gasteiger partial charge in [-0.3, -0.25) is 4.79 Å². The number of para-hydroxylation sites is 2. The highest BCUT2D eigenvalue weighted by Gasteiger charge is 2.35. The lowest BCUT2D eigenvalue weighted by atomic mass is 10.2. The summed E-state index contributed by atoms with van der Waals surface area (Å²) < 4.78 is 39.4. The highest BCUT2D eigenvalue weighted by Crippen LogP contribution is 2.32. The van der Waals surface area contributed by atoms with Crippen LogP contribution in [0.2, 0.25) is 0 Å². The van der Waals surface area contributed by atoms with Gasteiger partial charge in [0.25, 0.3) is 0 Å². The summed E-state index contributed by atoms with van der Waals surface area (Å²) in [7, 11) is 0. The number of hydrogen-bond acceptors (Lipinski definition) is 4. The van der Waals surface area contributed by atoms with Crippen LogP contribution >= 0.6 is 11.8 Å². The Balaban J connectivity index is 1.89. The van der Waals surface area contributed by atoms with Crippen molar-refractivity contribution in [3.05, 3.63) is 60.4 Å². The minimum absolute atomic E-state index is 0.0363. The van der Waals surface area contributed by atoms with Crippen LogP contribution in [0.5, 0.6) is 0 Å². The average molecular weight is 405 g/mol. The number of carbonyl (C=O) groups is 1. The Bertz CT molecular complexity index is 977.